The van der Waals surface area contributed by atoms with Crippen LogP contribution >= 0.6 is 0 Å². The molecule has 5 nitrogen and oxygen atoms in total. The van der Waals surface area contributed by atoms with E-state index in [1.807, 2.05) is 13.8 Å². The van der Waals surface area contributed by atoms with Crippen molar-refractivity contribution in [1.82, 2.24) is 10.1 Å². The first-order valence-electron chi connectivity index (χ1n) is 6.08. The number of hydrogen-bond donors (Lipinski definition) is 1. The van der Waals surface area contributed by atoms with Crippen LogP contribution in [0.4, 0.5) is 0 Å². The second kappa shape index (κ2) is 6.12. The minimum absolute atomic E-state index is 0.495. The molecule has 1 aromatic rings. The summed E-state index contributed by atoms with van der Waals surface area (Å²) in [5.74, 6) is 1.86. The molecule has 5 heteroatoms. The van der Waals surface area contributed by atoms with Crippen LogP contribution in [0.25, 0.3) is 0 Å². The predicted octanol–water partition coefficient (Wildman–Crippen LogP) is 1.87. The largest absolute Gasteiger partial charge is 0.371 e. The molecule has 0 saturated carbocycles. The minimum atomic E-state index is -0.495. The van der Waals surface area contributed by atoms with Gasteiger partial charge in [-0.2, -0.15) is 4.98 Å². The molecule has 0 aliphatic carbocycles. The van der Waals surface area contributed by atoms with Crippen LogP contribution in [0, 0.1) is 5.92 Å². The standard InChI is InChI=1S/C12H23N3O2/c1-9(7-8-13)5-6-10-14-11(15-17-10)12(2,3)16-4/h9H,5-8,13H2,1-4H3. The first kappa shape index (κ1) is 14.1. The molecule has 0 saturated heterocycles. The second-order valence-corrected chi connectivity index (χ2v) is 4.95. The Morgan fingerprint density at radius 2 is 2.12 bits per heavy atom. The Kier molecular flexibility index (Phi) is 5.08. The quantitative estimate of drug-likeness (QED) is 0.788. The molecule has 98 valence electrons. The fraction of sp³-hybridized carbons (Fsp3) is 0.833. The van der Waals surface area contributed by atoms with Gasteiger partial charge >= 0.3 is 0 Å². The van der Waals surface area contributed by atoms with E-state index in [2.05, 4.69) is 17.1 Å². The van der Waals surface area contributed by atoms with Crippen LogP contribution < -0.4 is 5.73 Å². The monoisotopic (exact) mass is 241 g/mol. The zero-order valence-corrected chi connectivity index (χ0v) is 11.2. The van der Waals surface area contributed by atoms with Crippen molar-refractivity contribution in [1.29, 1.82) is 0 Å². The van der Waals surface area contributed by atoms with Gasteiger partial charge in [-0.3, -0.25) is 0 Å². The van der Waals surface area contributed by atoms with Crippen molar-refractivity contribution < 1.29 is 9.26 Å². The van der Waals surface area contributed by atoms with Crippen LogP contribution in [0.15, 0.2) is 4.52 Å². The fourth-order valence-electron chi connectivity index (χ4n) is 1.49. The van der Waals surface area contributed by atoms with Gasteiger partial charge in [0.1, 0.15) is 5.60 Å². The SMILES string of the molecule is COC(C)(C)c1noc(CCC(C)CCN)n1. The molecule has 1 rings (SSSR count). The third-order valence-electron chi connectivity index (χ3n) is 3.03. The second-order valence-electron chi connectivity index (χ2n) is 4.95. The summed E-state index contributed by atoms with van der Waals surface area (Å²) < 4.78 is 10.5. The Morgan fingerprint density at radius 3 is 2.71 bits per heavy atom. The van der Waals surface area contributed by atoms with Crippen LogP contribution in [0.2, 0.25) is 0 Å². The molecule has 2 N–H and O–H groups in total. The molecular formula is C12H23N3O2. The summed E-state index contributed by atoms with van der Waals surface area (Å²) >= 11 is 0. The summed E-state index contributed by atoms with van der Waals surface area (Å²) in [7, 11) is 1.64. The summed E-state index contributed by atoms with van der Waals surface area (Å²) in [4.78, 5) is 4.35. The Labute approximate surface area is 103 Å². The van der Waals surface area contributed by atoms with E-state index in [4.69, 9.17) is 15.0 Å². The van der Waals surface area contributed by atoms with Gasteiger partial charge in [-0.05, 0) is 39.2 Å². The number of nitrogens with two attached hydrogens (primary N) is 1. The first-order valence-corrected chi connectivity index (χ1v) is 6.08. The molecule has 0 bridgehead atoms. The van der Waals surface area contributed by atoms with Crippen LogP contribution in [0.1, 0.15) is 45.3 Å². The van der Waals surface area contributed by atoms with Gasteiger partial charge in [0.15, 0.2) is 0 Å². The highest BCUT2D eigenvalue weighted by Gasteiger charge is 2.26. The van der Waals surface area contributed by atoms with Crippen molar-refractivity contribution >= 4 is 0 Å². The maximum absolute atomic E-state index is 5.51. The first-order chi connectivity index (χ1) is 7.99. The number of aryl methyl sites for hydroxylation is 1. The number of methoxy groups -OCH3 is 1. The maximum atomic E-state index is 5.51. The summed E-state index contributed by atoms with van der Waals surface area (Å²) in [5.41, 5.74) is 5.01. The molecule has 1 unspecified atom stereocenters. The smallest absolute Gasteiger partial charge is 0.226 e. The summed E-state index contributed by atoms with van der Waals surface area (Å²) in [6.45, 7) is 6.74. The van der Waals surface area contributed by atoms with Crippen molar-refractivity contribution in [3.63, 3.8) is 0 Å². The zero-order chi connectivity index (χ0) is 12.9. The van der Waals surface area contributed by atoms with E-state index in [0.717, 1.165) is 25.8 Å². The van der Waals surface area contributed by atoms with E-state index in [1.54, 1.807) is 7.11 Å². The van der Waals surface area contributed by atoms with Crippen LogP contribution in [-0.2, 0) is 16.8 Å². The number of rotatable bonds is 7. The Balaban J connectivity index is 2.52. The van der Waals surface area contributed by atoms with Gasteiger partial charge in [-0.15, -0.1) is 0 Å². The summed E-state index contributed by atoms with van der Waals surface area (Å²) in [6, 6.07) is 0. The molecule has 0 spiro atoms. The van der Waals surface area contributed by atoms with E-state index in [9.17, 15) is 0 Å². The van der Waals surface area contributed by atoms with Gasteiger partial charge in [0, 0.05) is 13.5 Å². The van der Waals surface area contributed by atoms with Gasteiger partial charge in [0.2, 0.25) is 11.7 Å². The van der Waals surface area contributed by atoms with E-state index in [0.29, 0.717) is 17.6 Å². The molecule has 0 aliphatic heterocycles. The van der Waals surface area contributed by atoms with E-state index in [-0.39, 0.29) is 0 Å². The number of nitrogens with zero attached hydrogens (tertiary/aromatic N) is 2. The lowest BCUT2D eigenvalue weighted by atomic mass is 10.0. The van der Waals surface area contributed by atoms with Crippen molar-refractivity contribution in [2.24, 2.45) is 11.7 Å². The third-order valence-corrected chi connectivity index (χ3v) is 3.03. The molecule has 0 radical (unpaired) electrons. The molecule has 0 aromatic carbocycles. The number of aromatic nitrogens is 2. The molecule has 1 aromatic heterocycles. The lowest BCUT2D eigenvalue weighted by Crippen LogP contribution is -2.21. The third kappa shape index (κ3) is 4.09. The van der Waals surface area contributed by atoms with E-state index >= 15 is 0 Å². The van der Waals surface area contributed by atoms with Crippen molar-refractivity contribution in [3.8, 4) is 0 Å². The number of ether oxygens (including phenoxy) is 1. The van der Waals surface area contributed by atoms with Crippen molar-refractivity contribution in [2.75, 3.05) is 13.7 Å². The normalized spacial score (nSPS) is 13.9. The highest BCUT2D eigenvalue weighted by atomic mass is 16.5. The van der Waals surface area contributed by atoms with Crippen LogP contribution in [-0.4, -0.2) is 23.8 Å². The van der Waals surface area contributed by atoms with Gasteiger partial charge < -0.3 is 15.0 Å². The van der Waals surface area contributed by atoms with Crippen molar-refractivity contribution in [2.45, 2.75) is 45.6 Å². The molecule has 0 aliphatic rings. The molecule has 17 heavy (non-hydrogen) atoms. The Hall–Kier alpha value is -0.940. The lowest BCUT2D eigenvalue weighted by molar-refractivity contribution is 0.00973. The highest BCUT2D eigenvalue weighted by molar-refractivity contribution is 4.97. The predicted molar refractivity (Wildman–Crippen MR) is 65.5 cm³/mol. The summed E-state index contributed by atoms with van der Waals surface area (Å²) in [5, 5.41) is 3.95. The summed E-state index contributed by atoms with van der Waals surface area (Å²) in [6.07, 6.45) is 2.85. The fourth-order valence-corrected chi connectivity index (χ4v) is 1.49. The zero-order valence-electron chi connectivity index (χ0n) is 11.2. The maximum Gasteiger partial charge on any atom is 0.226 e. The molecule has 0 fully saturated rings. The van der Waals surface area contributed by atoms with Crippen LogP contribution in [0.5, 0.6) is 0 Å². The van der Waals surface area contributed by atoms with Gasteiger partial charge in [0.05, 0.1) is 0 Å². The lowest BCUT2D eigenvalue weighted by Gasteiger charge is -2.17. The highest BCUT2D eigenvalue weighted by Crippen LogP contribution is 2.21. The average Bonchev–Trinajstić information content (AvgIpc) is 2.76. The van der Waals surface area contributed by atoms with E-state index < -0.39 is 5.60 Å². The van der Waals surface area contributed by atoms with Gasteiger partial charge in [-0.25, -0.2) is 0 Å². The number of hydrogen-bond acceptors (Lipinski definition) is 5. The Bertz CT molecular complexity index is 336. The molecular weight excluding hydrogens is 218 g/mol. The molecule has 1 heterocycles. The van der Waals surface area contributed by atoms with Gasteiger partial charge in [0.25, 0.3) is 0 Å². The van der Waals surface area contributed by atoms with Crippen molar-refractivity contribution in [3.05, 3.63) is 11.7 Å². The molecule has 0 amide bonds. The van der Waals surface area contributed by atoms with Crippen LogP contribution in [0.3, 0.4) is 0 Å². The molecule has 1 atom stereocenters. The Morgan fingerprint density at radius 1 is 1.41 bits per heavy atom. The van der Waals surface area contributed by atoms with E-state index in [1.165, 1.54) is 0 Å². The topological polar surface area (TPSA) is 74.2 Å². The van der Waals surface area contributed by atoms with Gasteiger partial charge in [-0.1, -0.05) is 12.1 Å². The minimum Gasteiger partial charge on any atom is -0.371 e. The average molecular weight is 241 g/mol.